The van der Waals surface area contributed by atoms with Gasteiger partial charge in [0.05, 0.1) is 0 Å². The average Bonchev–Trinajstić information content (AvgIpc) is 1.30. The molecule has 7 heteroatoms. The molecule has 0 unspecified atom stereocenters. The van der Waals surface area contributed by atoms with Crippen molar-refractivity contribution in [3.63, 3.8) is 0 Å². The molecule has 0 bridgehead atoms. The first-order valence-corrected chi connectivity index (χ1v) is 3.57. The summed E-state index contributed by atoms with van der Waals surface area (Å²) in [7, 11) is -4.42. The van der Waals surface area contributed by atoms with E-state index in [1.807, 2.05) is 0 Å². The van der Waals surface area contributed by atoms with Gasteiger partial charge in [0.1, 0.15) is 0 Å². The summed E-state index contributed by atoms with van der Waals surface area (Å²) in [5.74, 6) is 0. The molecule has 0 saturated heterocycles. The minimum absolute atomic E-state index is 2.09. The van der Waals surface area contributed by atoms with Crippen LogP contribution in [0, 0.1) is 35.5 Å². The quantitative estimate of drug-likeness (QED) is 0.305. The molecule has 0 aromatic rings. The normalized spacial score (nSPS) is 12.1. The Morgan fingerprint density at radius 1 is 1.29 bits per heavy atom. The van der Waals surface area contributed by atoms with E-state index in [2.05, 4.69) is 41.8 Å². The van der Waals surface area contributed by atoms with E-state index in [4.69, 9.17) is 14.4 Å². The van der Waals surface area contributed by atoms with Crippen molar-refractivity contribution in [2.75, 3.05) is 0 Å². The third-order valence-electron chi connectivity index (χ3n) is 0.133. The van der Waals surface area contributed by atoms with Crippen molar-refractivity contribution in [1.29, 1.82) is 0 Å². The first kappa shape index (κ1) is 8.25. The summed E-state index contributed by atoms with van der Waals surface area (Å²) in [6, 6.07) is 0. The van der Waals surface area contributed by atoms with E-state index in [1.54, 1.807) is 0 Å². The van der Waals surface area contributed by atoms with Gasteiger partial charge in [-0.05, 0) is 0 Å². The molecule has 0 aliphatic rings. The average molecular weight is 286 g/mol. The maximum absolute atomic E-state index is 7.89. The van der Waals surface area contributed by atoms with Crippen LogP contribution in [0.5, 0.6) is 0 Å². The molecule has 0 fully saturated rings. The van der Waals surface area contributed by atoms with Crippen LogP contribution in [0.2, 0.25) is 0 Å². The Morgan fingerprint density at radius 3 is 1.71 bits per heavy atom. The summed E-state index contributed by atoms with van der Waals surface area (Å²) in [5, 5.41) is 0. The Morgan fingerprint density at radius 2 is 1.71 bits per heavy atom. The second-order valence-corrected chi connectivity index (χ2v) is 2.29. The molecule has 0 heterocycles. The zero-order valence-corrected chi connectivity index (χ0v) is 5.57. The Bertz CT molecular complexity index is 46.5. The van der Waals surface area contributed by atoms with Crippen LogP contribution < -0.4 is 0 Å². The van der Waals surface area contributed by atoms with Crippen LogP contribution in [0.15, 0.2) is 0 Å². The standard InChI is InChI=1S/Lu.H4O5Si/c;1-5-6(2,3)4/h;1-4H/q+1;/p-1. The molecule has 0 aromatic heterocycles. The molecule has 0 aromatic carbocycles. The second-order valence-electron chi connectivity index (χ2n) is 0.700. The van der Waals surface area contributed by atoms with Gasteiger partial charge >= 0.3 is 65.2 Å². The zero-order chi connectivity index (χ0) is 5.91. The van der Waals surface area contributed by atoms with Crippen LogP contribution in [-0.2, 0) is 6.28 Å². The Kier molecular flexibility index (Phi) is 3.90. The van der Waals surface area contributed by atoms with Gasteiger partial charge in [-0.15, -0.1) is 0 Å². The molecule has 0 aliphatic heterocycles. The van der Waals surface area contributed by atoms with Crippen LogP contribution >= 0.6 is 0 Å². The Labute approximate surface area is 64.9 Å². The van der Waals surface area contributed by atoms with Gasteiger partial charge in [0.25, 0.3) is 0 Å². The van der Waals surface area contributed by atoms with Crippen LogP contribution in [0.3, 0.4) is 0 Å². The molecule has 0 saturated carbocycles. The van der Waals surface area contributed by atoms with Gasteiger partial charge in [0, 0.05) is 0 Å². The van der Waals surface area contributed by atoms with Gasteiger partial charge in [0.2, 0.25) is 0 Å². The van der Waals surface area contributed by atoms with E-state index >= 15 is 0 Å². The van der Waals surface area contributed by atoms with Gasteiger partial charge in [-0.1, -0.05) is 0 Å². The van der Waals surface area contributed by atoms with Gasteiger partial charge in [-0.25, -0.2) is 0 Å². The molecule has 3 N–H and O–H groups in total. The SMILES string of the molecule is O[Si](O)(O)O[O][Lu]. The van der Waals surface area contributed by atoms with Crippen molar-refractivity contribution in [3.05, 3.63) is 0 Å². The molecular formula is H3LuO5Si. The molecule has 7 heavy (non-hydrogen) atoms. The van der Waals surface area contributed by atoms with Crippen LogP contribution in [0.4, 0.5) is 0 Å². The molecule has 52 valence electrons. The van der Waals surface area contributed by atoms with Crippen LogP contribution in [-0.4, -0.2) is 23.4 Å². The van der Waals surface area contributed by atoms with Crippen molar-refractivity contribution in [2.24, 2.45) is 0 Å². The zero-order valence-electron chi connectivity index (χ0n) is 2.92. The van der Waals surface area contributed by atoms with Gasteiger partial charge < -0.3 is 0 Å². The number of hydrogen-bond acceptors (Lipinski definition) is 5. The summed E-state index contributed by atoms with van der Waals surface area (Å²) in [6.45, 7) is 0. The molecular weight excluding hydrogens is 283 g/mol. The molecule has 0 amide bonds. The van der Waals surface area contributed by atoms with Crippen molar-refractivity contribution >= 4 is 9.05 Å². The summed E-state index contributed by atoms with van der Waals surface area (Å²) in [5.41, 5.74) is 0. The fraction of sp³-hybridized carbons (Fsp3) is 0. The van der Waals surface area contributed by atoms with Gasteiger partial charge in [0.15, 0.2) is 0 Å². The van der Waals surface area contributed by atoms with Crippen LogP contribution in [0.25, 0.3) is 0 Å². The van der Waals surface area contributed by atoms with Gasteiger partial charge in [-0.2, -0.15) is 0 Å². The van der Waals surface area contributed by atoms with Crippen LogP contribution in [0.1, 0.15) is 0 Å². The number of rotatable bonds is 2. The molecule has 5 nitrogen and oxygen atoms in total. The maximum atomic E-state index is 7.89. The van der Waals surface area contributed by atoms with E-state index in [0.29, 0.717) is 0 Å². The van der Waals surface area contributed by atoms with E-state index in [-0.39, 0.29) is 0 Å². The first-order chi connectivity index (χ1) is 3.06. The third kappa shape index (κ3) is 7.25. The topological polar surface area (TPSA) is 79.2 Å². The van der Waals surface area contributed by atoms with Crippen molar-refractivity contribution in [2.45, 2.75) is 0 Å². The monoisotopic (exact) mass is 286 g/mol. The second kappa shape index (κ2) is 3.31. The third-order valence-corrected chi connectivity index (χ3v) is 0.814. The molecule has 0 aliphatic carbocycles. The number of hydrogen-bond donors (Lipinski definition) is 3. The first-order valence-electron chi connectivity index (χ1n) is 1.15. The van der Waals surface area contributed by atoms with E-state index in [0.717, 1.165) is 0 Å². The molecule has 0 rings (SSSR count). The van der Waals surface area contributed by atoms with Crippen molar-refractivity contribution in [3.8, 4) is 0 Å². The van der Waals surface area contributed by atoms with Crippen molar-refractivity contribution < 1.29 is 56.2 Å². The van der Waals surface area contributed by atoms with E-state index in [1.165, 1.54) is 0 Å². The predicted molar refractivity (Wildman–Crippen MR) is 14.6 cm³/mol. The molecule has 0 atom stereocenters. The molecule has 0 spiro atoms. The minimum atomic E-state index is -4.42. The fourth-order valence-electron chi connectivity index (χ4n) is 0.0289. The summed E-state index contributed by atoms with van der Waals surface area (Å²) in [4.78, 5) is 23.7. The van der Waals surface area contributed by atoms with Gasteiger partial charge in [-0.3, -0.25) is 0 Å². The summed E-state index contributed by atoms with van der Waals surface area (Å²) < 4.78 is 7.01. The van der Waals surface area contributed by atoms with E-state index in [9.17, 15) is 0 Å². The fourth-order valence-corrected chi connectivity index (χ4v) is 0.642. The van der Waals surface area contributed by atoms with Crippen molar-refractivity contribution in [1.82, 2.24) is 0 Å². The summed E-state index contributed by atoms with van der Waals surface area (Å²) in [6.07, 6.45) is 0. The summed E-state index contributed by atoms with van der Waals surface area (Å²) >= 11 is 2.09. The Balaban J connectivity index is 3.15. The Hall–Kier alpha value is 1.25. The predicted octanol–water partition coefficient (Wildman–Crippen LogP) is -2.19. The molecule has 0 radical (unpaired) electrons. The van der Waals surface area contributed by atoms with E-state index < -0.39 is 9.05 Å².